The van der Waals surface area contributed by atoms with Gasteiger partial charge >= 0.3 is 6.01 Å². The molecule has 0 fully saturated rings. The quantitative estimate of drug-likeness (QED) is 0.695. The highest BCUT2D eigenvalue weighted by atomic mass is 19.3. The van der Waals surface area contributed by atoms with Crippen molar-refractivity contribution in [1.82, 2.24) is 15.0 Å². The topological polar surface area (TPSA) is 83.4 Å². The van der Waals surface area contributed by atoms with Crippen LogP contribution in [-0.4, -0.2) is 59.3 Å². The van der Waals surface area contributed by atoms with E-state index in [0.29, 0.717) is 13.2 Å². The number of ether oxygens (including phenoxy) is 1. The lowest BCUT2D eigenvalue weighted by Gasteiger charge is -2.21. The number of aliphatic hydroxyl groups excluding tert-OH is 1. The minimum Gasteiger partial charge on any atom is -0.464 e. The normalized spacial score (nSPS) is 10.7. The predicted octanol–water partition coefficient (Wildman–Crippen LogP) is 0.766. The fraction of sp³-hybridized carbons (Fsp3) is 0.727. The monoisotopic (exact) mass is 291 g/mol. The second-order valence-electron chi connectivity index (χ2n) is 3.77. The average Bonchev–Trinajstić information content (AvgIpc) is 2.38. The molecular formula is C11H19F2N5O2. The van der Waals surface area contributed by atoms with E-state index < -0.39 is 13.0 Å². The molecule has 1 heterocycles. The molecule has 1 rings (SSSR count). The van der Waals surface area contributed by atoms with Crippen molar-refractivity contribution in [3.8, 4) is 6.01 Å². The molecule has 1 aromatic heterocycles. The lowest BCUT2D eigenvalue weighted by Crippen LogP contribution is -2.33. The summed E-state index contributed by atoms with van der Waals surface area (Å²) >= 11 is 0. The Bertz CT molecular complexity index is 384. The van der Waals surface area contributed by atoms with Crippen LogP contribution in [-0.2, 0) is 0 Å². The smallest absolute Gasteiger partial charge is 0.323 e. The first-order valence-corrected chi connectivity index (χ1v) is 6.37. The van der Waals surface area contributed by atoms with E-state index in [1.807, 2.05) is 6.92 Å². The SMILES string of the molecule is CCNc1nc(OCC)nc(N(CCO)CC(F)F)n1. The van der Waals surface area contributed by atoms with Gasteiger partial charge in [-0.25, -0.2) is 8.78 Å². The number of hydrogen-bond donors (Lipinski definition) is 2. The van der Waals surface area contributed by atoms with Gasteiger partial charge in [0.2, 0.25) is 11.9 Å². The third-order valence-corrected chi connectivity index (χ3v) is 2.22. The van der Waals surface area contributed by atoms with Gasteiger partial charge in [-0.3, -0.25) is 0 Å². The van der Waals surface area contributed by atoms with Gasteiger partial charge in [-0.2, -0.15) is 15.0 Å². The molecule has 0 aromatic carbocycles. The number of aromatic nitrogens is 3. The van der Waals surface area contributed by atoms with Crippen molar-refractivity contribution in [2.45, 2.75) is 20.3 Å². The van der Waals surface area contributed by atoms with Gasteiger partial charge in [0.1, 0.15) is 0 Å². The zero-order valence-electron chi connectivity index (χ0n) is 11.5. The van der Waals surface area contributed by atoms with Gasteiger partial charge < -0.3 is 20.1 Å². The van der Waals surface area contributed by atoms with E-state index in [4.69, 9.17) is 9.84 Å². The summed E-state index contributed by atoms with van der Waals surface area (Å²) in [6.07, 6.45) is -2.56. The zero-order valence-corrected chi connectivity index (χ0v) is 11.5. The number of nitrogens with one attached hydrogen (secondary N) is 1. The van der Waals surface area contributed by atoms with Gasteiger partial charge in [-0.15, -0.1) is 0 Å². The molecule has 20 heavy (non-hydrogen) atoms. The second kappa shape index (κ2) is 8.41. The molecule has 0 spiro atoms. The molecule has 0 radical (unpaired) electrons. The molecule has 114 valence electrons. The van der Waals surface area contributed by atoms with Crippen LogP contribution in [0.5, 0.6) is 6.01 Å². The summed E-state index contributed by atoms with van der Waals surface area (Å²) in [6, 6.07) is 0.0608. The van der Waals surface area contributed by atoms with Crippen molar-refractivity contribution in [2.75, 3.05) is 43.1 Å². The minimum absolute atomic E-state index is 0.00544. The third kappa shape index (κ3) is 5.08. The number of rotatable bonds is 9. The minimum atomic E-state index is -2.56. The fourth-order valence-corrected chi connectivity index (χ4v) is 1.48. The maximum Gasteiger partial charge on any atom is 0.323 e. The number of aliphatic hydroxyl groups is 1. The summed E-state index contributed by atoms with van der Waals surface area (Å²) in [7, 11) is 0. The molecule has 0 aliphatic rings. The third-order valence-electron chi connectivity index (χ3n) is 2.22. The van der Waals surface area contributed by atoms with Crippen LogP contribution in [0.3, 0.4) is 0 Å². The first kappa shape index (κ1) is 16.3. The molecule has 1 aromatic rings. The number of anilines is 2. The van der Waals surface area contributed by atoms with Crippen LogP contribution in [0.25, 0.3) is 0 Å². The van der Waals surface area contributed by atoms with Crippen molar-refractivity contribution < 1.29 is 18.6 Å². The maximum absolute atomic E-state index is 12.5. The Morgan fingerprint density at radius 2 is 2.05 bits per heavy atom. The summed E-state index contributed by atoms with van der Waals surface area (Å²) in [5.74, 6) is 0.298. The van der Waals surface area contributed by atoms with Crippen molar-refractivity contribution in [1.29, 1.82) is 0 Å². The van der Waals surface area contributed by atoms with Gasteiger partial charge in [0.15, 0.2) is 0 Å². The van der Waals surface area contributed by atoms with Gasteiger partial charge in [-0.05, 0) is 13.8 Å². The summed E-state index contributed by atoms with van der Waals surface area (Å²) in [5.41, 5.74) is 0. The van der Waals surface area contributed by atoms with Gasteiger partial charge in [0.25, 0.3) is 6.43 Å². The molecule has 0 aliphatic heterocycles. The van der Waals surface area contributed by atoms with Crippen LogP contribution in [0.15, 0.2) is 0 Å². The molecule has 2 N–H and O–H groups in total. The van der Waals surface area contributed by atoms with E-state index in [1.165, 1.54) is 4.90 Å². The van der Waals surface area contributed by atoms with E-state index in [-0.39, 0.29) is 31.1 Å². The van der Waals surface area contributed by atoms with E-state index in [1.54, 1.807) is 6.92 Å². The summed E-state index contributed by atoms with van der Waals surface area (Å²) in [6.45, 7) is 3.70. The standard InChI is InChI=1S/C11H19F2N5O2/c1-3-14-9-15-10(17-11(16-9)20-4-2)18(5-6-19)7-8(12)13/h8,19H,3-7H2,1-2H3,(H,14,15,16,17). The molecule has 0 amide bonds. The number of nitrogens with zero attached hydrogens (tertiary/aromatic N) is 4. The van der Waals surface area contributed by atoms with Gasteiger partial charge in [0.05, 0.1) is 19.8 Å². The lowest BCUT2D eigenvalue weighted by atomic mass is 10.5. The molecule has 0 aliphatic carbocycles. The number of hydrogen-bond acceptors (Lipinski definition) is 7. The summed E-state index contributed by atoms with van der Waals surface area (Å²) in [5, 5.41) is 11.8. The van der Waals surface area contributed by atoms with Crippen molar-refractivity contribution in [3.05, 3.63) is 0 Å². The largest absolute Gasteiger partial charge is 0.464 e. The predicted molar refractivity (Wildman–Crippen MR) is 70.5 cm³/mol. The van der Waals surface area contributed by atoms with Crippen molar-refractivity contribution >= 4 is 11.9 Å². The lowest BCUT2D eigenvalue weighted by molar-refractivity contribution is 0.152. The Kier molecular flexibility index (Phi) is 6.85. The van der Waals surface area contributed by atoms with Crippen LogP contribution >= 0.6 is 0 Å². The van der Waals surface area contributed by atoms with E-state index in [9.17, 15) is 8.78 Å². The van der Waals surface area contributed by atoms with Crippen LogP contribution in [0.1, 0.15) is 13.8 Å². The van der Waals surface area contributed by atoms with Gasteiger partial charge in [0, 0.05) is 13.1 Å². The Morgan fingerprint density at radius 1 is 1.30 bits per heavy atom. The van der Waals surface area contributed by atoms with E-state index in [2.05, 4.69) is 20.3 Å². The Hall–Kier alpha value is -1.77. The van der Waals surface area contributed by atoms with Crippen LogP contribution in [0.4, 0.5) is 20.7 Å². The first-order chi connectivity index (χ1) is 9.60. The number of alkyl halides is 2. The van der Waals surface area contributed by atoms with Crippen LogP contribution < -0.4 is 15.0 Å². The molecule has 9 heteroatoms. The van der Waals surface area contributed by atoms with Crippen molar-refractivity contribution in [2.24, 2.45) is 0 Å². The molecule has 0 saturated carbocycles. The van der Waals surface area contributed by atoms with Crippen molar-refractivity contribution in [3.63, 3.8) is 0 Å². The Balaban J connectivity index is 3.03. The van der Waals surface area contributed by atoms with Crippen LogP contribution in [0, 0.1) is 0 Å². The zero-order chi connectivity index (χ0) is 15.0. The highest BCUT2D eigenvalue weighted by molar-refractivity contribution is 5.38. The van der Waals surface area contributed by atoms with E-state index in [0.717, 1.165) is 0 Å². The van der Waals surface area contributed by atoms with E-state index >= 15 is 0 Å². The fourth-order valence-electron chi connectivity index (χ4n) is 1.48. The highest BCUT2D eigenvalue weighted by Crippen LogP contribution is 2.16. The highest BCUT2D eigenvalue weighted by Gasteiger charge is 2.17. The molecule has 0 unspecified atom stereocenters. The average molecular weight is 291 g/mol. The second-order valence-corrected chi connectivity index (χ2v) is 3.77. The first-order valence-electron chi connectivity index (χ1n) is 6.37. The molecular weight excluding hydrogens is 272 g/mol. The molecule has 0 bridgehead atoms. The molecule has 0 atom stereocenters. The molecule has 0 saturated heterocycles. The molecule has 7 nitrogen and oxygen atoms in total. The van der Waals surface area contributed by atoms with Gasteiger partial charge in [-0.1, -0.05) is 0 Å². The summed E-state index contributed by atoms with van der Waals surface area (Å²) in [4.78, 5) is 13.2. The Morgan fingerprint density at radius 3 is 2.60 bits per heavy atom. The Labute approximate surface area is 116 Å². The van der Waals surface area contributed by atoms with Crippen LogP contribution in [0.2, 0.25) is 0 Å². The number of halogens is 2. The maximum atomic E-state index is 12.5. The summed E-state index contributed by atoms with van der Waals surface area (Å²) < 4.78 is 30.3.